The molecule has 2 aromatic rings. The van der Waals surface area contributed by atoms with Crippen LogP contribution in [0.1, 0.15) is 36.1 Å². The molecule has 4 heteroatoms. The molecule has 1 unspecified atom stereocenters. The van der Waals surface area contributed by atoms with Gasteiger partial charge in [0.2, 0.25) is 0 Å². The predicted molar refractivity (Wildman–Crippen MR) is 82.7 cm³/mol. The molecule has 0 saturated carbocycles. The van der Waals surface area contributed by atoms with Crippen molar-refractivity contribution in [1.82, 2.24) is 5.32 Å². The van der Waals surface area contributed by atoms with Crippen LogP contribution in [-0.2, 0) is 0 Å². The molecular formula is C17H18ClF2N. The molecule has 0 spiro atoms. The quantitative estimate of drug-likeness (QED) is 0.818. The Morgan fingerprint density at radius 3 is 2.57 bits per heavy atom. The van der Waals surface area contributed by atoms with Crippen LogP contribution in [0.3, 0.4) is 0 Å². The molecule has 1 atom stereocenters. The molecule has 0 saturated heterocycles. The highest BCUT2D eigenvalue weighted by atomic mass is 35.5. The van der Waals surface area contributed by atoms with Crippen molar-refractivity contribution >= 4 is 11.6 Å². The first-order valence-electron chi connectivity index (χ1n) is 6.98. The largest absolute Gasteiger partial charge is 0.306 e. The van der Waals surface area contributed by atoms with Gasteiger partial charge in [0.1, 0.15) is 0 Å². The fourth-order valence-corrected chi connectivity index (χ4v) is 2.51. The van der Waals surface area contributed by atoms with Crippen LogP contribution >= 0.6 is 11.6 Å². The van der Waals surface area contributed by atoms with Crippen molar-refractivity contribution < 1.29 is 8.78 Å². The summed E-state index contributed by atoms with van der Waals surface area (Å²) in [6.45, 7) is 4.76. The average molecular weight is 310 g/mol. The summed E-state index contributed by atoms with van der Waals surface area (Å²) in [5, 5.41) is 4.03. The van der Waals surface area contributed by atoms with Crippen LogP contribution < -0.4 is 5.32 Å². The van der Waals surface area contributed by atoms with E-state index in [2.05, 4.69) is 12.2 Å². The van der Waals surface area contributed by atoms with E-state index in [1.165, 1.54) is 6.07 Å². The molecule has 1 nitrogen and oxygen atoms in total. The third-order valence-corrected chi connectivity index (χ3v) is 3.91. The second-order valence-corrected chi connectivity index (χ2v) is 5.42. The summed E-state index contributed by atoms with van der Waals surface area (Å²) in [7, 11) is 0. The molecule has 0 aliphatic rings. The Balaban J connectivity index is 2.47. The van der Waals surface area contributed by atoms with Crippen molar-refractivity contribution in [3.8, 4) is 0 Å². The van der Waals surface area contributed by atoms with E-state index in [1.807, 2.05) is 25.1 Å². The lowest BCUT2D eigenvalue weighted by Crippen LogP contribution is -2.24. The third-order valence-electron chi connectivity index (χ3n) is 3.50. The maximum atomic E-state index is 13.5. The fraction of sp³-hybridized carbons (Fsp3) is 0.294. The summed E-state index contributed by atoms with van der Waals surface area (Å²) < 4.78 is 26.7. The zero-order valence-corrected chi connectivity index (χ0v) is 12.8. The van der Waals surface area contributed by atoms with E-state index >= 15 is 0 Å². The highest BCUT2D eigenvalue weighted by molar-refractivity contribution is 6.31. The van der Waals surface area contributed by atoms with Gasteiger partial charge in [-0.05, 0) is 54.8 Å². The van der Waals surface area contributed by atoms with E-state index < -0.39 is 11.6 Å². The van der Waals surface area contributed by atoms with Crippen LogP contribution in [0.5, 0.6) is 0 Å². The summed E-state index contributed by atoms with van der Waals surface area (Å²) in [5.74, 6) is -1.67. The molecule has 0 amide bonds. The van der Waals surface area contributed by atoms with E-state index in [4.69, 9.17) is 11.6 Å². The molecule has 0 fully saturated rings. The van der Waals surface area contributed by atoms with Gasteiger partial charge >= 0.3 is 0 Å². The number of nitrogens with one attached hydrogen (secondary N) is 1. The van der Waals surface area contributed by atoms with Gasteiger partial charge in [0.05, 0.1) is 6.04 Å². The molecule has 1 N–H and O–H groups in total. The standard InChI is InChI=1S/C17H18ClF2N/c1-3-9-21-17(12-7-8-15(19)16(20)10-12)13-5-4-6-14(18)11(13)2/h4-8,10,17,21H,3,9H2,1-2H3. The smallest absolute Gasteiger partial charge is 0.159 e. The Labute approximate surface area is 128 Å². The van der Waals surface area contributed by atoms with Crippen LogP contribution in [0.25, 0.3) is 0 Å². The lowest BCUT2D eigenvalue weighted by Gasteiger charge is -2.22. The first-order valence-corrected chi connectivity index (χ1v) is 7.35. The molecule has 0 radical (unpaired) electrons. The highest BCUT2D eigenvalue weighted by Gasteiger charge is 2.18. The molecule has 0 heterocycles. The molecule has 2 aromatic carbocycles. The van der Waals surface area contributed by atoms with Gasteiger partial charge in [0, 0.05) is 5.02 Å². The SMILES string of the molecule is CCCNC(c1ccc(F)c(F)c1)c1cccc(Cl)c1C. The topological polar surface area (TPSA) is 12.0 Å². The molecule has 112 valence electrons. The Hall–Kier alpha value is -1.45. The van der Waals surface area contributed by atoms with Gasteiger partial charge in [0.15, 0.2) is 11.6 Å². The third kappa shape index (κ3) is 3.60. The van der Waals surface area contributed by atoms with Gasteiger partial charge in [-0.1, -0.05) is 36.7 Å². The van der Waals surface area contributed by atoms with Crippen molar-refractivity contribution in [3.63, 3.8) is 0 Å². The molecule has 0 bridgehead atoms. The highest BCUT2D eigenvalue weighted by Crippen LogP contribution is 2.29. The van der Waals surface area contributed by atoms with Crippen LogP contribution in [0.4, 0.5) is 8.78 Å². The summed E-state index contributed by atoms with van der Waals surface area (Å²) >= 11 is 6.17. The van der Waals surface area contributed by atoms with Crippen molar-refractivity contribution in [2.75, 3.05) is 6.54 Å². The van der Waals surface area contributed by atoms with Gasteiger partial charge < -0.3 is 5.32 Å². The zero-order valence-electron chi connectivity index (χ0n) is 12.1. The first-order chi connectivity index (χ1) is 10.0. The molecular weight excluding hydrogens is 292 g/mol. The monoisotopic (exact) mass is 309 g/mol. The normalized spacial score (nSPS) is 12.4. The van der Waals surface area contributed by atoms with Gasteiger partial charge in [-0.3, -0.25) is 0 Å². The van der Waals surface area contributed by atoms with Gasteiger partial charge in [0.25, 0.3) is 0 Å². The minimum Gasteiger partial charge on any atom is -0.306 e. The van der Waals surface area contributed by atoms with Gasteiger partial charge in [-0.25, -0.2) is 8.78 Å². The first kappa shape index (κ1) is 15.9. The van der Waals surface area contributed by atoms with E-state index in [-0.39, 0.29) is 6.04 Å². The number of halogens is 3. The molecule has 0 aliphatic carbocycles. The maximum Gasteiger partial charge on any atom is 0.159 e. The van der Waals surface area contributed by atoms with Crippen molar-refractivity contribution in [3.05, 3.63) is 69.7 Å². The summed E-state index contributed by atoms with van der Waals surface area (Å²) in [6, 6.07) is 9.43. The summed E-state index contributed by atoms with van der Waals surface area (Å²) in [4.78, 5) is 0. The Morgan fingerprint density at radius 1 is 1.14 bits per heavy atom. The van der Waals surface area contributed by atoms with Crippen molar-refractivity contribution in [2.24, 2.45) is 0 Å². The second-order valence-electron chi connectivity index (χ2n) is 5.01. The lowest BCUT2D eigenvalue weighted by molar-refractivity contribution is 0.503. The minimum atomic E-state index is -0.838. The van der Waals surface area contributed by atoms with Crippen molar-refractivity contribution in [2.45, 2.75) is 26.3 Å². The van der Waals surface area contributed by atoms with E-state index in [1.54, 1.807) is 6.07 Å². The molecule has 21 heavy (non-hydrogen) atoms. The van der Waals surface area contributed by atoms with E-state index in [0.717, 1.165) is 30.2 Å². The average Bonchev–Trinajstić information content (AvgIpc) is 2.47. The van der Waals surface area contributed by atoms with Crippen LogP contribution in [0.15, 0.2) is 36.4 Å². The zero-order chi connectivity index (χ0) is 15.4. The van der Waals surface area contributed by atoms with Crippen LogP contribution in [0, 0.1) is 18.6 Å². The number of hydrogen-bond acceptors (Lipinski definition) is 1. The predicted octanol–water partition coefficient (Wildman–Crippen LogP) is 5.02. The molecule has 2 rings (SSSR count). The lowest BCUT2D eigenvalue weighted by atomic mass is 9.94. The number of rotatable bonds is 5. The van der Waals surface area contributed by atoms with Crippen molar-refractivity contribution in [1.29, 1.82) is 0 Å². The number of hydrogen-bond donors (Lipinski definition) is 1. The van der Waals surface area contributed by atoms with Crippen LogP contribution in [-0.4, -0.2) is 6.54 Å². The van der Waals surface area contributed by atoms with E-state index in [0.29, 0.717) is 10.6 Å². The fourth-order valence-electron chi connectivity index (χ4n) is 2.32. The van der Waals surface area contributed by atoms with Crippen LogP contribution in [0.2, 0.25) is 5.02 Å². The van der Waals surface area contributed by atoms with E-state index in [9.17, 15) is 8.78 Å². The number of benzene rings is 2. The summed E-state index contributed by atoms with van der Waals surface area (Å²) in [6.07, 6.45) is 0.944. The Kier molecular flexibility index (Phi) is 5.32. The summed E-state index contributed by atoms with van der Waals surface area (Å²) in [5.41, 5.74) is 2.60. The maximum absolute atomic E-state index is 13.5. The van der Waals surface area contributed by atoms with Gasteiger partial charge in [-0.15, -0.1) is 0 Å². The molecule has 0 aliphatic heterocycles. The van der Waals surface area contributed by atoms with Gasteiger partial charge in [-0.2, -0.15) is 0 Å². The second kappa shape index (κ2) is 7.01. The Morgan fingerprint density at radius 2 is 1.90 bits per heavy atom. The minimum absolute atomic E-state index is 0.209. The Bertz CT molecular complexity index is 628. The molecule has 0 aromatic heterocycles.